The molecule has 4 atom stereocenters. The molecule has 0 unspecified atom stereocenters. The largest absolute Gasteiger partial charge is 0.739 e. The van der Waals surface area contributed by atoms with Crippen LogP contribution in [0, 0.1) is 10.4 Å². The van der Waals surface area contributed by atoms with E-state index in [2.05, 4.69) is 15.2 Å². The molecule has 7 N–H and O–H groups in total. The average molecular weight is 422 g/mol. The van der Waals surface area contributed by atoms with Crippen LogP contribution in [-0.4, -0.2) is 66.0 Å². The van der Waals surface area contributed by atoms with E-state index in [0.29, 0.717) is 9.58 Å². The van der Waals surface area contributed by atoms with Crippen molar-refractivity contribution in [3.63, 3.8) is 0 Å². The second-order valence-corrected chi connectivity index (χ2v) is 6.16. The van der Waals surface area contributed by atoms with Gasteiger partial charge in [-0.2, -0.15) is 0 Å². The molecule has 4 rings (SSSR count). The lowest BCUT2D eigenvalue weighted by Gasteiger charge is -2.13. The first-order valence-corrected chi connectivity index (χ1v) is 8.45. The first kappa shape index (κ1) is 21.1. The van der Waals surface area contributed by atoms with Crippen LogP contribution in [-0.2, 0) is 4.74 Å². The number of benzene rings is 1. The Bertz CT molecular complexity index is 1060. The Kier molecular flexibility index (Phi) is 5.88. The Hall–Kier alpha value is -3.66. The van der Waals surface area contributed by atoms with Gasteiger partial charge in [0.1, 0.15) is 24.6 Å². The number of nitrogens with two attached hydrogens (primary N) is 2. The van der Waals surface area contributed by atoms with Crippen molar-refractivity contribution in [2.75, 3.05) is 12.3 Å². The molecule has 15 nitrogen and oxygen atoms in total. The lowest BCUT2D eigenvalue weighted by Crippen LogP contribution is -2.44. The molecule has 0 bridgehead atoms. The molecule has 1 saturated heterocycles. The van der Waals surface area contributed by atoms with Crippen LogP contribution in [0.2, 0.25) is 0 Å². The summed E-state index contributed by atoms with van der Waals surface area (Å²) in [5, 5.41) is 57.5. The van der Waals surface area contributed by atoms with Gasteiger partial charge in [0.25, 0.3) is 11.4 Å². The Balaban J connectivity index is 0.000000177. The predicted molar refractivity (Wildman–Crippen MR) is 95.6 cm³/mol. The number of ether oxygens (including phenoxy) is 1. The van der Waals surface area contributed by atoms with Crippen LogP contribution in [0.3, 0.4) is 0 Å². The molecular weight excluding hydrogens is 404 g/mol. The van der Waals surface area contributed by atoms with E-state index in [1.54, 1.807) is 12.1 Å². The minimum absolute atomic E-state index is 0.201. The number of hydrogen-bond donors (Lipinski definition) is 5. The van der Waals surface area contributed by atoms with Crippen molar-refractivity contribution in [2.45, 2.75) is 24.5 Å². The molecule has 0 spiro atoms. The van der Waals surface area contributed by atoms with E-state index in [9.17, 15) is 25.4 Å². The lowest BCUT2D eigenvalue weighted by molar-refractivity contribution is -0.672. The lowest BCUT2D eigenvalue weighted by atomic mass is 10.1. The third-order valence-electron chi connectivity index (χ3n) is 4.21. The van der Waals surface area contributed by atoms with Crippen molar-refractivity contribution >= 4 is 22.9 Å². The molecule has 3 aromatic rings. The summed E-state index contributed by atoms with van der Waals surface area (Å²) in [6, 6.07) is 6.31. The van der Waals surface area contributed by atoms with Gasteiger partial charge >= 0.3 is 5.95 Å². The van der Waals surface area contributed by atoms with Crippen molar-refractivity contribution in [1.29, 1.82) is 0 Å². The summed E-state index contributed by atoms with van der Waals surface area (Å²) in [4.78, 5) is 14.7. The Labute approximate surface area is 167 Å². The van der Waals surface area contributed by atoms with Gasteiger partial charge < -0.3 is 36.2 Å². The molecule has 1 aliphatic heterocycles. The second-order valence-electron chi connectivity index (χ2n) is 6.16. The van der Waals surface area contributed by atoms with Crippen molar-refractivity contribution in [1.82, 2.24) is 19.9 Å². The number of carbonyl (C=O) groups is 1. The maximum atomic E-state index is 11.3. The average Bonchev–Trinajstić information content (AvgIpc) is 3.33. The summed E-state index contributed by atoms with van der Waals surface area (Å²) in [7, 11) is 0. The van der Waals surface area contributed by atoms with Gasteiger partial charge in [0.05, 0.1) is 6.61 Å². The molecule has 2 aromatic heterocycles. The normalized spacial score (nSPS) is 23.2. The number of aliphatic hydroxyl groups is 3. The Morgan fingerprint density at radius 1 is 1.23 bits per heavy atom. The monoisotopic (exact) mass is 422 g/mol. The SMILES string of the molecule is NC(=O)c1ncn([C@@H]2O[C@H](CO)[C@@H](O)[C@H]2O)n1.Nc1n[n+]([O-])c2ccccc2[n+]1[O-]. The van der Waals surface area contributed by atoms with E-state index in [0.717, 1.165) is 11.0 Å². The Morgan fingerprint density at radius 2 is 1.90 bits per heavy atom. The number of nitrogen functional groups attached to an aromatic ring is 1. The molecule has 30 heavy (non-hydrogen) atoms. The van der Waals surface area contributed by atoms with Gasteiger partial charge in [-0.1, -0.05) is 12.1 Å². The fourth-order valence-electron chi connectivity index (χ4n) is 2.72. The summed E-state index contributed by atoms with van der Waals surface area (Å²) >= 11 is 0. The topological polar surface area (TPSA) is 237 Å². The maximum absolute atomic E-state index is 11.3. The minimum atomic E-state index is -1.27. The molecular formula is C15H18N8O7. The predicted octanol–water partition coefficient (Wildman–Crippen LogP) is -3.93. The quantitative estimate of drug-likeness (QED) is 0.202. The zero-order valence-corrected chi connectivity index (χ0v) is 15.2. The molecule has 160 valence electrons. The van der Waals surface area contributed by atoms with Crippen molar-refractivity contribution in [3.8, 4) is 0 Å². The van der Waals surface area contributed by atoms with Crippen LogP contribution >= 0.6 is 0 Å². The second kappa shape index (κ2) is 8.37. The standard InChI is InChI=1S/C8H12N4O5.C7H6N4O2/c9-6(16)7-10-2-12(11-7)8-5(15)4(14)3(1-13)17-8;8-7-9-11(13)6-4-2-1-3-5(6)10(7)12/h2-5,8,13-15H,1H2,(H2,9,16);1-4H,(H2,8,9)/t3-,4-,5-,8-;/m1./s1. The zero-order chi connectivity index (χ0) is 22.0. The number of aliphatic hydroxyl groups excluding tert-OH is 3. The maximum Gasteiger partial charge on any atom is 0.458 e. The van der Waals surface area contributed by atoms with Crippen molar-refractivity contribution < 1.29 is 34.4 Å². The van der Waals surface area contributed by atoms with E-state index in [1.807, 2.05) is 0 Å². The first-order chi connectivity index (χ1) is 14.2. The van der Waals surface area contributed by atoms with Crippen LogP contribution in [0.15, 0.2) is 30.6 Å². The van der Waals surface area contributed by atoms with E-state index in [1.165, 1.54) is 12.1 Å². The summed E-state index contributed by atoms with van der Waals surface area (Å²) in [6.07, 6.45) is -3.26. The molecule has 1 aromatic carbocycles. The van der Waals surface area contributed by atoms with Crippen LogP contribution in [0.1, 0.15) is 16.8 Å². The number of para-hydroxylation sites is 2. The van der Waals surface area contributed by atoms with E-state index in [-0.39, 0.29) is 22.8 Å². The third kappa shape index (κ3) is 3.90. The van der Waals surface area contributed by atoms with E-state index >= 15 is 0 Å². The third-order valence-corrected chi connectivity index (χ3v) is 4.21. The van der Waals surface area contributed by atoms with Gasteiger partial charge in [-0.15, -0.1) is 5.10 Å². The van der Waals surface area contributed by atoms with Crippen LogP contribution in [0.25, 0.3) is 11.0 Å². The fraction of sp³-hybridized carbons (Fsp3) is 0.333. The molecule has 0 aliphatic carbocycles. The highest BCUT2D eigenvalue weighted by atomic mass is 16.6. The highest BCUT2D eigenvalue weighted by Gasteiger charge is 2.44. The first-order valence-electron chi connectivity index (χ1n) is 8.45. The number of fused-ring (bicyclic) bond motifs is 1. The molecule has 15 heteroatoms. The van der Waals surface area contributed by atoms with Gasteiger partial charge in [-0.05, 0) is 6.07 Å². The van der Waals surface area contributed by atoms with Crippen molar-refractivity contribution in [2.24, 2.45) is 5.73 Å². The summed E-state index contributed by atoms with van der Waals surface area (Å²) in [5.74, 6) is -1.38. The van der Waals surface area contributed by atoms with Crippen LogP contribution < -0.4 is 21.0 Å². The number of amides is 1. The minimum Gasteiger partial charge on any atom is -0.739 e. The number of carbonyl (C=O) groups excluding carboxylic acids is 1. The zero-order valence-electron chi connectivity index (χ0n) is 15.2. The summed E-state index contributed by atoms with van der Waals surface area (Å²) < 4.78 is 6.67. The smallest absolute Gasteiger partial charge is 0.458 e. The van der Waals surface area contributed by atoms with E-state index < -0.39 is 37.1 Å². The fourth-order valence-corrected chi connectivity index (χ4v) is 2.72. The van der Waals surface area contributed by atoms with Crippen LogP contribution in [0.4, 0.5) is 5.95 Å². The van der Waals surface area contributed by atoms with Gasteiger partial charge in [-0.3, -0.25) is 10.5 Å². The van der Waals surface area contributed by atoms with E-state index in [4.69, 9.17) is 21.3 Å². The number of primary amides is 1. The molecule has 0 radical (unpaired) electrons. The van der Waals surface area contributed by atoms with Gasteiger partial charge in [-0.25, -0.2) is 14.4 Å². The van der Waals surface area contributed by atoms with Gasteiger partial charge in [0.2, 0.25) is 10.9 Å². The number of aromatic nitrogens is 6. The molecule has 1 aliphatic rings. The van der Waals surface area contributed by atoms with Gasteiger partial charge in [0, 0.05) is 10.9 Å². The highest BCUT2D eigenvalue weighted by Crippen LogP contribution is 2.28. The molecule has 1 fully saturated rings. The Morgan fingerprint density at radius 3 is 2.47 bits per heavy atom. The van der Waals surface area contributed by atoms with Gasteiger partial charge in [0.15, 0.2) is 11.7 Å². The molecule has 0 saturated carbocycles. The molecule has 3 heterocycles. The number of rotatable bonds is 3. The summed E-state index contributed by atoms with van der Waals surface area (Å²) in [5.41, 5.74) is 10.6. The van der Waals surface area contributed by atoms with Crippen molar-refractivity contribution in [3.05, 3.63) is 46.8 Å². The highest BCUT2D eigenvalue weighted by molar-refractivity contribution is 5.88. The van der Waals surface area contributed by atoms with Crippen LogP contribution in [0.5, 0.6) is 0 Å². The number of hydrogen-bond acceptors (Lipinski definition) is 11. The molecule has 1 amide bonds. The number of nitrogens with zero attached hydrogens (tertiary/aromatic N) is 6. The number of anilines is 1. The summed E-state index contributed by atoms with van der Waals surface area (Å²) in [6.45, 7) is -0.438.